The summed E-state index contributed by atoms with van der Waals surface area (Å²) < 4.78 is 0. The number of rotatable bonds is 1. The summed E-state index contributed by atoms with van der Waals surface area (Å²) in [5, 5.41) is 1.61. The lowest BCUT2D eigenvalue weighted by molar-refractivity contribution is 0.271. The van der Waals surface area contributed by atoms with Gasteiger partial charge in [0.1, 0.15) is 0 Å². The Morgan fingerprint density at radius 3 is 2.37 bits per heavy atom. The van der Waals surface area contributed by atoms with Gasteiger partial charge in [0.2, 0.25) is 0 Å². The first-order valence-electron chi connectivity index (χ1n) is 7.06. The molecule has 2 heterocycles. The van der Waals surface area contributed by atoms with Gasteiger partial charge in [0.25, 0.3) is 0 Å². The average molecular weight is 299 g/mol. The number of piperidine rings is 2. The van der Waals surface area contributed by atoms with Crippen LogP contribution in [0.1, 0.15) is 37.7 Å². The number of hydrogen-bond donors (Lipinski definition) is 1. The standard InChI is InChI=1S/C15H20Cl2N2/c1-9-5-14(17)15(8-13(9)16)19-11-3-2-4-12(19)7-10(18)6-11/h5,8,10-12H,2-4,6-7,18H2,1H3. The van der Waals surface area contributed by atoms with E-state index in [0.29, 0.717) is 18.1 Å². The number of fused-ring (bicyclic) bond motifs is 2. The lowest BCUT2D eigenvalue weighted by atomic mass is 9.81. The minimum absolute atomic E-state index is 0.339. The number of anilines is 1. The van der Waals surface area contributed by atoms with E-state index in [4.69, 9.17) is 28.9 Å². The van der Waals surface area contributed by atoms with Crippen LogP contribution in [0.25, 0.3) is 0 Å². The van der Waals surface area contributed by atoms with Crippen LogP contribution < -0.4 is 10.6 Å². The topological polar surface area (TPSA) is 29.3 Å². The van der Waals surface area contributed by atoms with Gasteiger partial charge in [0.05, 0.1) is 10.7 Å². The number of benzene rings is 1. The van der Waals surface area contributed by atoms with Crippen LogP contribution in [0, 0.1) is 6.92 Å². The van der Waals surface area contributed by atoms with Crippen molar-refractivity contribution in [1.82, 2.24) is 0 Å². The summed E-state index contributed by atoms with van der Waals surface area (Å²) in [6, 6.07) is 5.40. The Kier molecular flexibility index (Phi) is 3.67. The molecule has 19 heavy (non-hydrogen) atoms. The predicted octanol–water partition coefficient (Wildman–Crippen LogP) is 4.15. The van der Waals surface area contributed by atoms with Gasteiger partial charge in [-0.2, -0.15) is 0 Å². The molecule has 0 aromatic heterocycles. The normalized spacial score (nSPS) is 30.5. The average Bonchev–Trinajstić information content (AvgIpc) is 2.33. The molecule has 4 heteroatoms. The highest BCUT2D eigenvalue weighted by Crippen LogP contribution is 2.41. The molecule has 2 N–H and O–H groups in total. The van der Waals surface area contributed by atoms with Crippen LogP contribution in [0.3, 0.4) is 0 Å². The van der Waals surface area contributed by atoms with Gasteiger partial charge in [-0.25, -0.2) is 0 Å². The molecule has 2 saturated heterocycles. The van der Waals surface area contributed by atoms with E-state index in [0.717, 1.165) is 34.1 Å². The van der Waals surface area contributed by atoms with Crippen LogP contribution in [-0.2, 0) is 0 Å². The number of nitrogens with zero attached hydrogens (tertiary/aromatic N) is 1. The third-order valence-corrected chi connectivity index (χ3v) is 5.23. The Bertz CT molecular complexity index is 475. The minimum atomic E-state index is 0.339. The van der Waals surface area contributed by atoms with Crippen molar-refractivity contribution in [2.45, 2.75) is 57.2 Å². The van der Waals surface area contributed by atoms with E-state index >= 15 is 0 Å². The van der Waals surface area contributed by atoms with Crippen LogP contribution in [-0.4, -0.2) is 18.1 Å². The Labute approximate surface area is 124 Å². The smallest absolute Gasteiger partial charge is 0.0643 e. The molecule has 3 rings (SSSR count). The molecule has 0 aliphatic carbocycles. The van der Waals surface area contributed by atoms with Crippen molar-refractivity contribution in [2.24, 2.45) is 5.73 Å². The highest BCUT2D eigenvalue weighted by molar-refractivity contribution is 6.35. The van der Waals surface area contributed by atoms with E-state index in [1.54, 1.807) is 0 Å². The molecule has 1 aromatic carbocycles. The molecular weight excluding hydrogens is 279 g/mol. The fourth-order valence-corrected chi connectivity index (χ4v) is 4.12. The minimum Gasteiger partial charge on any atom is -0.364 e. The summed E-state index contributed by atoms with van der Waals surface area (Å²) in [7, 11) is 0. The first kappa shape index (κ1) is 13.5. The summed E-state index contributed by atoms with van der Waals surface area (Å²) in [6.07, 6.45) is 5.87. The van der Waals surface area contributed by atoms with E-state index in [1.165, 1.54) is 19.3 Å². The maximum Gasteiger partial charge on any atom is 0.0643 e. The fraction of sp³-hybridized carbons (Fsp3) is 0.600. The van der Waals surface area contributed by atoms with Crippen molar-refractivity contribution in [2.75, 3.05) is 4.90 Å². The Morgan fingerprint density at radius 1 is 1.11 bits per heavy atom. The van der Waals surface area contributed by atoms with Crippen molar-refractivity contribution in [3.63, 3.8) is 0 Å². The second-order valence-electron chi connectivity index (χ2n) is 5.93. The lowest BCUT2D eigenvalue weighted by Gasteiger charge is -2.50. The van der Waals surface area contributed by atoms with E-state index in [9.17, 15) is 0 Å². The zero-order valence-corrected chi connectivity index (χ0v) is 12.7. The second-order valence-corrected chi connectivity index (χ2v) is 6.74. The molecule has 2 aliphatic rings. The molecule has 104 valence electrons. The third-order valence-electron chi connectivity index (χ3n) is 4.52. The van der Waals surface area contributed by atoms with E-state index < -0.39 is 0 Å². The SMILES string of the molecule is Cc1cc(Cl)c(N2C3CCCC2CC(N)C3)cc1Cl. The molecule has 0 saturated carbocycles. The van der Waals surface area contributed by atoms with Gasteiger partial charge in [-0.3, -0.25) is 0 Å². The first-order valence-corrected chi connectivity index (χ1v) is 7.81. The molecule has 1 aromatic rings. The highest BCUT2D eigenvalue weighted by atomic mass is 35.5. The Balaban J connectivity index is 1.99. The maximum absolute atomic E-state index is 6.45. The Morgan fingerprint density at radius 2 is 1.74 bits per heavy atom. The van der Waals surface area contributed by atoms with Gasteiger partial charge < -0.3 is 10.6 Å². The van der Waals surface area contributed by atoms with Gasteiger partial charge in [-0.15, -0.1) is 0 Å². The van der Waals surface area contributed by atoms with Crippen LogP contribution in [0.4, 0.5) is 5.69 Å². The van der Waals surface area contributed by atoms with Gasteiger partial charge in [0, 0.05) is 23.1 Å². The molecule has 2 aliphatic heterocycles. The van der Waals surface area contributed by atoms with Crippen LogP contribution >= 0.6 is 23.2 Å². The molecule has 2 atom stereocenters. The third kappa shape index (κ3) is 2.46. The summed E-state index contributed by atoms with van der Waals surface area (Å²) >= 11 is 12.7. The summed E-state index contributed by atoms with van der Waals surface area (Å²) in [5.41, 5.74) is 8.30. The van der Waals surface area contributed by atoms with Crippen LogP contribution in [0.2, 0.25) is 10.0 Å². The monoisotopic (exact) mass is 298 g/mol. The largest absolute Gasteiger partial charge is 0.364 e. The first-order chi connectivity index (χ1) is 9.06. The quantitative estimate of drug-likeness (QED) is 0.844. The summed E-state index contributed by atoms with van der Waals surface area (Å²) in [6.45, 7) is 1.99. The zero-order chi connectivity index (χ0) is 13.6. The van der Waals surface area contributed by atoms with E-state index in [2.05, 4.69) is 4.90 Å². The summed E-state index contributed by atoms with van der Waals surface area (Å²) in [5.74, 6) is 0. The lowest BCUT2D eigenvalue weighted by Crippen LogP contribution is -2.55. The van der Waals surface area contributed by atoms with Gasteiger partial charge >= 0.3 is 0 Å². The van der Waals surface area contributed by atoms with E-state index in [1.807, 2.05) is 19.1 Å². The Hall–Kier alpha value is -0.440. The highest BCUT2D eigenvalue weighted by Gasteiger charge is 2.37. The second kappa shape index (κ2) is 5.16. The van der Waals surface area contributed by atoms with E-state index in [-0.39, 0.29) is 0 Å². The summed E-state index contributed by atoms with van der Waals surface area (Å²) in [4.78, 5) is 2.49. The molecule has 2 bridgehead atoms. The molecule has 2 nitrogen and oxygen atoms in total. The molecular formula is C15H20Cl2N2. The number of aryl methyl sites for hydroxylation is 1. The van der Waals surface area contributed by atoms with Crippen LogP contribution in [0.15, 0.2) is 12.1 Å². The predicted molar refractivity (Wildman–Crippen MR) is 82.3 cm³/mol. The molecule has 0 spiro atoms. The van der Waals surface area contributed by atoms with Crippen LogP contribution in [0.5, 0.6) is 0 Å². The van der Waals surface area contributed by atoms with Crippen molar-refractivity contribution in [3.05, 3.63) is 27.7 Å². The molecule has 2 fully saturated rings. The van der Waals surface area contributed by atoms with Crippen molar-refractivity contribution in [1.29, 1.82) is 0 Å². The molecule has 2 unspecified atom stereocenters. The van der Waals surface area contributed by atoms with Gasteiger partial charge in [-0.05, 0) is 56.7 Å². The van der Waals surface area contributed by atoms with Crippen molar-refractivity contribution in [3.8, 4) is 0 Å². The zero-order valence-electron chi connectivity index (χ0n) is 11.2. The maximum atomic E-state index is 6.45. The van der Waals surface area contributed by atoms with Gasteiger partial charge in [0.15, 0.2) is 0 Å². The number of nitrogens with two attached hydrogens (primary N) is 1. The molecule has 0 radical (unpaired) electrons. The fourth-order valence-electron chi connectivity index (χ4n) is 3.65. The van der Waals surface area contributed by atoms with Crippen molar-refractivity contribution >= 4 is 28.9 Å². The number of hydrogen-bond acceptors (Lipinski definition) is 2. The van der Waals surface area contributed by atoms with Gasteiger partial charge in [-0.1, -0.05) is 23.2 Å². The molecule has 0 amide bonds. The number of halogens is 2. The van der Waals surface area contributed by atoms with Crippen molar-refractivity contribution < 1.29 is 0 Å².